The van der Waals surface area contributed by atoms with Gasteiger partial charge in [-0.2, -0.15) is 0 Å². The molecule has 0 aliphatic heterocycles. The lowest BCUT2D eigenvalue weighted by molar-refractivity contribution is 0.606. The summed E-state index contributed by atoms with van der Waals surface area (Å²) >= 11 is 0. The second kappa shape index (κ2) is 11.3. The third-order valence-corrected chi connectivity index (χ3v) is 4.80. The zero-order valence-electron chi connectivity index (χ0n) is 16.7. The van der Waals surface area contributed by atoms with Gasteiger partial charge in [-0.3, -0.25) is 9.71 Å². The van der Waals surface area contributed by atoms with Crippen LogP contribution in [0, 0.1) is 6.92 Å². The van der Waals surface area contributed by atoms with Crippen molar-refractivity contribution in [2.24, 2.45) is 4.99 Å². The molecule has 8 heteroatoms. The number of nitrogens with zero attached hydrogens (tertiary/aromatic N) is 1. The van der Waals surface area contributed by atoms with Crippen LogP contribution < -0.4 is 15.4 Å². The van der Waals surface area contributed by atoms with E-state index in [9.17, 15) is 8.42 Å². The number of rotatable bonds is 7. The van der Waals surface area contributed by atoms with Gasteiger partial charge in [-0.05, 0) is 30.0 Å². The quantitative estimate of drug-likeness (QED) is 0.299. The fourth-order valence-electron chi connectivity index (χ4n) is 2.64. The first-order valence-corrected chi connectivity index (χ1v) is 10.7. The van der Waals surface area contributed by atoms with Crippen LogP contribution >= 0.6 is 24.0 Å². The van der Waals surface area contributed by atoms with Gasteiger partial charge < -0.3 is 10.6 Å². The van der Waals surface area contributed by atoms with Crippen molar-refractivity contribution < 1.29 is 8.42 Å². The first-order valence-electron chi connectivity index (χ1n) is 8.85. The Morgan fingerprint density at radius 3 is 2.32 bits per heavy atom. The van der Waals surface area contributed by atoms with Crippen LogP contribution in [0.25, 0.3) is 0 Å². The van der Waals surface area contributed by atoms with Crippen molar-refractivity contribution >= 4 is 45.6 Å². The van der Waals surface area contributed by atoms with E-state index >= 15 is 0 Å². The minimum atomic E-state index is -3.32. The van der Waals surface area contributed by atoms with E-state index in [-0.39, 0.29) is 24.0 Å². The second-order valence-corrected chi connectivity index (χ2v) is 8.40. The van der Waals surface area contributed by atoms with Gasteiger partial charge in [0.1, 0.15) is 0 Å². The fourth-order valence-corrected chi connectivity index (χ4v) is 3.23. The molecule has 0 aliphatic rings. The zero-order chi connectivity index (χ0) is 19.9. The van der Waals surface area contributed by atoms with Gasteiger partial charge in [0.25, 0.3) is 0 Å². The van der Waals surface area contributed by atoms with Crippen molar-refractivity contribution in [3.05, 3.63) is 65.2 Å². The predicted octanol–water partition coefficient (Wildman–Crippen LogP) is 3.45. The van der Waals surface area contributed by atoms with Gasteiger partial charge in [-0.1, -0.05) is 55.0 Å². The van der Waals surface area contributed by atoms with E-state index in [2.05, 4.69) is 58.5 Å². The van der Waals surface area contributed by atoms with Crippen molar-refractivity contribution in [2.75, 3.05) is 24.6 Å². The van der Waals surface area contributed by atoms with E-state index in [1.54, 1.807) is 19.2 Å². The highest BCUT2D eigenvalue weighted by Gasteiger charge is 2.09. The number of halogens is 1. The van der Waals surface area contributed by atoms with Crippen LogP contribution in [0.2, 0.25) is 0 Å². The fraction of sp³-hybridized carbons (Fsp3) is 0.350. The summed E-state index contributed by atoms with van der Waals surface area (Å²) in [5.74, 6) is 1.01. The highest BCUT2D eigenvalue weighted by Crippen LogP contribution is 2.16. The van der Waals surface area contributed by atoms with Crippen LogP contribution in [0.3, 0.4) is 0 Å². The number of guanidine groups is 1. The molecule has 28 heavy (non-hydrogen) atoms. The summed E-state index contributed by atoms with van der Waals surface area (Å²) in [7, 11) is -1.61. The summed E-state index contributed by atoms with van der Waals surface area (Å²) < 4.78 is 25.6. The number of sulfonamides is 1. The van der Waals surface area contributed by atoms with Crippen LogP contribution in [0.15, 0.2) is 53.5 Å². The number of hydrogen-bond acceptors (Lipinski definition) is 3. The molecule has 1 unspecified atom stereocenters. The maximum absolute atomic E-state index is 11.5. The molecule has 0 spiro atoms. The molecule has 2 aromatic carbocycles. The monoisotopic (exact) mass is 516 g/mol. The zero-order valence-corrected chi connectivity index (χ0v) is 19.8. The standard InChI is InChI=1S/C20H28N4O2S.HI/c1-15-9-11-17(12-10-15)16(2)13-22-20(21-3)23-14-18-7-5-6-8-19(18)24-27(4,25)26;/h5-12,16,24H,13-14H2,1-4H3,(H2,21,22,23);1H. The first kappa shape index (κ1) is 24.2. The molecule has 0 saturated carbocycles. The van der Waals surface area contributed by atoms with Crippen LogP contribution in [0.5, 0.6) is 0 Å². The molecule has 0 heterocycles. The smallest absolute Gasteiger partial charge is 0.229 e. The molecule has 0 bridgehead atoms. The van der Waals surface area contributed by atoms with Crippen molar-refractivity contribution in [3.8, 4) is 0 Å². The summed E-state index contributed by atoms with van der Waals surface area (Å²) in [6, 6.07) is 15.8. The summed E-state index contributed by atoms with van der Waals surface area (Å²) in [5, 5.41) is 6.55. The highest BCUT2D eigenvalue weighted by atomic mass is 127. The molecule has 0 aromatic heterocycles. The third-order valence-electron chi connectivity index (χ3n) is 4.20. The van der Waals surface area contributed by atoms with Gasteiger partial charge in [-0.15, -0.1) is 24.0 Å². The number of hydrogen-bond donors (Lipinski definition) is 3. The van der Waals surface area contributed by atoms with E-state index in [1.807, 2.05) is 12.1 Å². The van der Waals surface area contributed by atoms with Crippen LogP contribution in [-0.2, 0) is 16.6 Å². The SMILES string of the molecule is CN=C(NCc1ccccc1NS(C)(=O)=O)NCC(C)c1ccc(C)cc1.I. The van der Waals surface area contributed by atoms with E-state index < -0.39 is 10.0 Å². The van der Waals surface area contributed by atoms with Gasteiger partial charge in [-0.25, -0.2) is 8.42 Å². The maximum Gasteiger partial charge on any atom is 0.229 e. The van der Waals surface area contributed by atoms with Gasteiger partial charge >= 0.3 is 0 Å². The Balaban J connectivity index is 0.00000392. The Hall–Kier alpha value is -1.81. The topological polar surface area (TPSA) is 82.6 Å². The van der Waals surface area contributed by atoms with Gasteiger partial charge in [0.05, 0.1) is 11.9 Å². The average molecular weight is 516 g/mol. The summed E-state index contributed by atoms with van der Waals surface area (Å²) in [6.45, 7) is 5.44. The molecule has 1 atom stereocenters. The molecule has 0 aliphatic carbocycles. The van der Waals surface area contributed by atoms with E-state index in [0.29, 0.717) is 24.1 Å². The Morgan fingerprint density at radius 1 is 1.07 bits per heavy atom. The Morgan fingerprint density at radius 2 is 1.71 bits per heavy atom. The Labute approximate surface area is 185 Å². The Bertz CT molecular complexity index is 883. The summed E-state index contributed by atoms with van der Waals surface area (Å²) in [4.78, 5) is 4.24. The molecule has 3 N–H and O–H groups in total. The minimum absolute atomic E-state index is 0. The van der Waals surface area contributed by atoms with Crippen LogP contribution in [0.4, 0.5) is 5.69 Å². The Kier molecular flexibility index (Phi) is 9.74. The molecule has 154 valence electrons. The largest absolute Gasteiger partial charge is 0.356 e. The molecule has 0 amide bonds. The lowest BCUT2D eigenvalue weighted by atomic mass is 10.0. The third kappa shape index (κ3) is 8.05. The number of nitrogens with one attached hydrogen (secondary N) is 3. The second-order valence-electron chi connectivity index (χ2n) is 6.65. The number of anilines is 1. The number of aliphatic imine (C=N–C) groups is 1. The highest BCUT2D eigenvalue weighted by molar-refractivity contribution is 14.0. The molecule has 2 rings (SSSR count). The first-order chi connectivity index (χ1) is 12.8. The van der Waals surface area contributed by atoms with Crippen molar-refractivity contribution in [1.82, 2.24) is 10.6 Å². The molecule has 2 aromatic rings. The number of para-hydroxylation sites is 1. The van der Waals surface area contributed by atoms with Crippen molar-refractivity contribution in [3.63, 3.8) is 0 Å². The van der Waals surface area contributed by atoms with E-state index in [4.69, 9.17) is 0 Å². The van der Waals surface area contributed by atoms with Gasteiger partial charge in [0.15, 0.2) is 5.96 Å². The summed E-state index contributed by atoms with van der Waals surface area (Å²) in [5.41, 5.74) is 3.93. The van der Waals surface area contributed by atoms with E-state index in [0.717, 1.165) is 18.4 Å². The molecular weight excluding hydrogens is 487 g/mol. The average Bonchev–Trinajstić information content (AvgIpc) is 2.62. The number of benzene rings is 2. The van der Waals surface area contributed by atoms with Gasteiger partial charge in [0, 0.05) is 20.1 Å². The lowest BCUT2D eigenvalue weighted by Gasteiger charge is -2.17. The van der Waals surface area contributed by atoms with Crippen molar-refractivity contribution in [1.29, 1.82) is 0 Å². The molecule has 6 nitrogen and oxygen atoms in total. The van der Waals surface area contributed by atoms with Crippen LogP contribution in [-0.4, -0.2) is 34.2 Å². The number of aryl methyl sites for hydroxylation is 1. The van der Waals surface area contributed by atoms with Crippen LogP contribution in [0.1, 0.15) is 29.5 Å². The predicted molar refractivity (Wildman–Crippen MR) is 128 cm³/mol. The normalized spacial score (nSPS) is 12.6. The molecule has 0 saturated heterocycles. The molecule has 0 radical (unpaired) electrons. The molecular formula is C20H29IN4O2S. The summed E-state index contributed by atoms with van der Waals surface area (Å²) in [6.07, 6.45) is 1.14. The minimum Gasteiger partial charge on any atom is -0.356 e. The molecule has 0 fully saturated rings. The maximum atomic E-state index is 11.5. The lowest BCUT2D eigenvalue weighted by Crippen LogP contribution is -2.38. The van der Waals surface area contributed by atoms with Crippen molar-refractivity contribution in [2.45, 2.75) is 26.3 Å². The van der Waals surface area contributed by atoms with Gasteiger partial charge in [0.2, 0.25) is 10.0 Å². The van der Waals surface area contributed by atoms with E-state index in [1.165, 1.54) is 11.1 Å².